The minimum atomic E-state index is -0.178. The van der Waals surface area contributed by atoms with E-state index in [0.29, 0.717) is 24.3 Å². The Balaban J connectivity index is 1.87. The van der Waals surface area contributed by atoms with Gasteiger partial charge in [-0.15, -0.1) is 0 Å². The Morgan fingerprint density at radius 2 is 2.30 bits per heavy atom. The maximum absolute atomic E-state index is 12.1. The first-order chi connectivity index (χ1) is 9.63. The number of hydrogen-bond acceptors (Lipinski definition) is 4. The molecule has 0 fully saturated rings. The molecular formula is C13H20N6O. The van der Waals surface area contributed by atoms with Gasteiger partial charge in [-0.3, -0.25) is 9.48 Å². The molecule has 2 aromatic rings. The molecule has 0 radical (unpaired) electrons. The smallest absolute Gasteiger partial charge is 0.271 e. The summed E-state index contributed by atoms with van der Waals surface area (Å²) in [6.07, 6.45) is 6.94. The number of hydrogen-bond donors (Lipinski definition) is 2. The normalized spacial score (nSPS) is 10.7. The molecule has 0 bridgehead atoms. The number of anilines is 1. The number of nitrogens with zero attached hydrogens (tertiary/aromatic N) is 4. The van der Waals surface area contributed by atoms with Crippen molar-refractivity contribution in [3.8, 4) is 0 Å². The highest BCUT2D eigenvalue weighted by Crippen LogP contribution is 2.16. The van der Waals surface area contributed by atoms with Crippen molar-refractivity contribution in [1.29, 1.82) is 0 Å². The van der Waals surface area contributed by atoms with Gasteiger partial charge in [0.2, 0.25) is 0 Å². The van der Waals surface area contributed by atoms with Gasteiger partial charge in [0.25, 0.3) is 5.91 Å². The molecule has 0 saturated heterocycles. The second-order valence-corrected chi connectivity index (χ2v) is 4.60. The van der Waals surface area contributed by atoms with Gasteiger partial charge in [-0.05, 0) is 12.8 Å². The third-order valence-electron chi connectivity index (χ3n) is 3.15. The van der Waals surface area contributed by atoms with Crippen molar-refractivity contribution >= 4 is 11.6 Å². The van der Waals surface area contributed by atoms with E-state index >= 15 is 0 Å². The van der Waals surface area contributed by atoms with E-state index in [4.69, 9.17) is 5.73 Å². The second kappa shape index (κ2) is 6.23. The highest BCUT2D eigenvalue weighted by Gasteiger charge is 2.18. The molecule has 20 heavy (non-hydrogen) atoms. The van der Waals surface area contributed by atoms with Crippen LogP contribution in [0.15, 0.2) is 18.7 Å². The third-order valence-corrected chi connectivity index (χ3v) is 3.15. The van der Waals surface area contributed by atoms with E-state index in [1.807, 2.05) is 17.7 Å². The van der Waals surface area contributed by atoms with Crippen molar-refractivity contribution < 1.29 is 4.79 Å². The van der Waals surface area contributed by atoms with Crippen LogP contribution in [-0.2, 0) is 20.0 Å². The summed E-state index contributed by atoms with van der Waals surface area (Å²) < 4.78 is 3.51. The van der Waals surface area contributed by atoms with Gasteiger partial charge < -0.3 is 15.6 Å². The number of imidazole rings is 1. The van der Waals surface area contributed by atoms with Crippen LogP contribution < -0.4 is 11.1 Å². The highest BCUT2D eigenvalue weighted by molar-refractivity contribution is 5.97. The molecule has 108 valence electrons. The van der Waals surface area contributed by atoms with Gasteiger partial charge in [-0.25, -0.2) is 4.98 Å². The van der Waals surface area contributed by atoms with Gasteiger partial charge in [0.15, 0.2) is 0 Å². The Bertz CT molecular complexity index is 572. The average Bonchev–Trinajstić information content (AvgIpc) is 3.02. The summed E-state index contributed by atoms with van der Waals surface area (Å²) in [5.74, 6) is -0.178. The fourth-order valence-electron chi connectivity index (χ4n) is 2.09. The van der Waals surface area contributed by atoms with Crippen LogP contribution in [0.25, 0.3) is 0 Å². The summed E-state index contributed by atoms with van der Waals surface area (Å²) >= 11 is 0. The molecule has 2 aromatic heterocycles. The van der Waals surface area contributed by atoms with Crippen LogP contribution in [0.5, 0.6) is 0 Å². The van der Waals surface area contributed by atoms with Gasteiger partial charge in [0.05, 0.1) is 17.7 Å². The van der Waals surface area contributed by atoms with E-state index in [2.05, 4.69) is 15.4 Å². The Labute approximate surface area is 117 Å². The van der Waals surface area contributed by atoms with Crippen molar-refractivity contribution in [3.05, 3.63) is 30.1 Å². The van der Waals surface area contributed by atoms with E-state index in [9.17, 15) is 4.79 Å². The molecule has 2 rings (SSSR count). The number of nitrogens with two attached hydrogens (primary N) is 1. The molecule has 7 heteroatoms. The standard InChI is InChI=1S/C13H20N6O/c1-3-10-11(14)12(18(2)17-10)13(20)16-5-4-7-19-8-6-15-9-19/h6,8-9H,3-5,7,14H2,1-2H3,(H,16,20). The number of carbonyl (C=O) groups excluding carboxylic acids is 1. The van der Waals surface area contributed by atoms with Crippen molar-refractivity contribution in [1.82, 2.24) is 24.6 Å². The fourth-order valence-corrected chi connectivity index (χ4v) is 2.09. The quantitative estimate of drug-likeness (QED) is 0.755. The molecule has 0 spiro atoms. The maximum atomic E-state index is 12.1. The molecule has 3 N–H and O–H groups in total. The largest absolute Gasteiger partial charge is 0.395 e. The molecule has 0 unspecified atom stereocenters. The van der Waals surface area contributed by atoms with Crippen molar-refractivity contribution in [3.63, 3.8) is 0 Å². The molecule has 2 heterocycles. The molecule has 0 aliphatic heterocycles. The van der Waals surface area contributed by atoms with E-state index in [1.54, 1.807) is 24.3 Å². The van der Waals surface area contributed by atoms with Crippen molar-refractivity contribution in [2.24, 2.45) is 7.05 Å². The number of carbonyl (C=O) groups is 1. The van der Waals surface area contributed by atoms with Gasteiger partial charge in [0, 0.05) is 32.5 Å². The number of nitrogens with one attached hydrogen (secondary N) is 1. The first-order valence-corrected chi connectivity index (χ1v) is 6.68. The van der Waals surface area contributed by atoms with Gasteiger partial charge in [0.1, 0.15) is 5.69 Å². The van der Waals surface area contributed by atoms with Gasteiger partial charge in [-0.2, -0.15) is 5.10 Å². The van der Waals surface area contributed by atoms with Crippen molar-refractivity contribution in [2.45, 2.75) is 26.3 Å². The van der Waals surface area contributed by atoms with Crippen LogP contribution >= 0.6 is 0 Å². The van der Waals surface area contributed by atoms with Crippen LogP contribution in [0.1, 0.15) is 29.5 Å². The summed E-state index contributed by atoms with van der Waals surface area (Å²) in [4.78, 5) is 16.1. The van der Waals surface area contributed by atoms with Crippen molar-refractivity contribution in [2.75, 3.05) is 12.3 Å². The summed E-state index contributed by atoms with van der Waals surface area (Å²) in [6.45, 7) is 3.37. The lowest BCUT2D eigenvalue weighted by atomic mass is 10.2. The van der Waals surface area contributed by atoms with E-state index in [0.717, 1.165) is 18.7 Å². The number of rotatable bonds is 6. The fraction of sp³-hybridized carbons (Fsp3) is 0.462. The van der Waals surface area contributed by atoms with Crippen LogP contribution in [0.4, 0.5) is 5.69 Å². The zero-order chi connectivity index (χ0) is 14.5. The SMILES string of the molecule is CCc1nn(C)c(C(=O)NCCCn2ccnc2)c1N. The summed E-state index contributed by atoms with van der Waals surface area (Å²) in [7, 11) is 1.73. The van der Waals surface area contributed by atoms with Crippen LogP contribution in [0.3, 0.4) is 0 Å². The number of aromatic nitrogens is 4. The first kappa shape index (κ1) is 14.1. The van der Waals surface area contributed by atoms with E-state index < -0.39 is 0 Å². The molecule has 1 amide bonds. The predicted molar refractivity (Wildman–Crippen MR) is 76.2 cm³/mol. The van der Waals surface area contributed by atoms with Gasteiger partial charge in [-0.1, -0.05) is 6.92 Å². The van der Waals surface area contributed by atoms with Crippen LogP contribution in [0.2, 0.25) is 0 Å². The summed E-state index contributed by atoms with van der Waals surface area (Å²) in [6, 6.07) is 0. The summed E-state index contributed by atoms with van der Waals surface area (Å²) in [5.41, 5.74) is 7.61. The highest BCUT2D eigenvalue weighted by atomic mass is 16.2. The van der Waals surface area contributed by atoms with Crippen LogP contribution in [-0.4, -0.2) is 31.8 Å². The average molecular weight is 276 g/mol. The first-order valence-electron chi connectivity index (χ1n) is 6.68. The molecule has 0 aromatic carbocycles. The van der Waals surface area contributed by atoms with E-state index in [1.165, 1.54) is 0 Å². The van der Waals surface area contributed by atoms with E-state index in [-0.39, 0.29) is 5.91 Å². The molecule has 0 aliphatic rings. The number of amides is 1. The number of aryl methyl sites for hydroxylation is 3. The lowest BCUT2D eigenvalue weighted by Crippen LogP contribution is -2.28. The van der Waals surface area contributed by atoms with Crippen LogP contribution in [0, 0.1) is 0 Å². The minimum Gasteiger partial charge on any atom is -0.395 e. The Morgan fingerprint density at radius 1 is 1.50 bits per heavy atom. The lowest BCUT2D eigenvalue weighted by molar-refractivity contribution is 0.0944. The number of nitrogen functional groups attached to an aromatic ring is 1. The second-order valence-electron chi connectivity index (χ2n) is 4.60. The zero-order valence-electron chi connectivity index (χ0n) is 11.8. The Hall–Kier alpha value is -2.31. The monoisotopic (exact) mass is 276 g/mol. The minimum absolute atomic E-state index is 0.178. The molecular weight excluding hydrogens is 256 g/mol. The molecule has 0 aliphatic carbocycles. The molecule has 7 nitrogen and oxygen atoms in total. The lowest BCUT2D eigenvalue weighted by Gasteiger charge is -2.06. The zero-order valence-corrected chi connectivity index (χ0v) is 11.8. The topological polar surface area (TPSA) is 90.8 Å². The Kier molecular flexibility index (Phi) is 4.39. The summed E-state index contributed by atoms with van der Waals surface area (Å²) in [5, 5.41) is 7.10. The predicted octanol–water partition coefficient (Wildman–Crippen LogP) is 0.581. The third kappa shape index (κ3) is 2.98. The maximum Gasteiger partial charge on any atom is 0.271 e. The molecule has 0 saturated carbocycles. The Morgan fingerprint density at radius 3 is 2.90 bits per heavy atom. The van der Waals surface area contributed by atoms with Gasteiger partial charge >= 0.3 is 0 Å². The molecule has 0 atom stereocenters.